The molecule has 3 amide bonds. The topological polar surface area (TPSA) is 92.8 Å². The highest BCUT2D eigenvalue weighted by molar-refractivity contribution is 9.10. The molecule has 4 rings (SSSR count). The van der Waals surface area contributed by atoms with Crippen LogP contribution in [0.25, 0.3) is 0 Å². The lowest BCUT2D eigenvalue weighted by molar-refractivity contribution is -0.159. The number of amides is 3. The highest BCUT2D eigenvalue weighted by Gasteiger charge is 2.62. The van der Waals surface area contributed by atoms with Gasteiger partial charge in [0.25, 0.3) is 5.91 Å². The van der Waals surface area contributed by atoms with Crippen molar-refractivity contribution in [1.29, 1.82) is 0 Å². The number of rotatable bonds is 5. The van der Waals surface area contributed by atoms with Crippen molar-refractivity contribution in [3.8, 4) is 0 Å². The third-order valence-electron chi connectivity index (χ3n) is 6.50. The van der Waals surface area contributed by atoms with E-state index in [0.29, 0.717) is 5.69 Å². The van der Waals surface area contributed by atoms with Gasteiger partial charge in [-0.15, -0.1) is 0 Å². The molecular weight excluding hydrogens is 440 g/mol. The van der Waals surface area contributed by atoms with Crippen LogP contribution in [0, 0.1) is 30.6 Å². The molecular formula is C21H23BrN2O5. The van der Waals surface area contributed by atoms with E-state index in [1.165, 1.54) is 6.92 Å². The monoisotopic (exact) mass is 462 g/mol. The van der Waals surface area contributed by atoms with E-state index in [9.17, 15) is 19.2 Å². The molecule has 2 bridgehead atoms. The van der Waals surface area contributed by atoms with Crippen LogP contribution in [-0.2, 0) is 23.9 Å². The van der Waals surface area contributed by atoms with Gasteiger partial charge in [0.15, 0.2) is 6.61 Å². The lowest BCUT2D eigenvalue weighted by Gasteiger charge is -2.23. The molecule has 0 radical (unpaired) electrons. The summed E-state index contributed by atoms with van der Waals surface area (Å²) in [6, 6.07) is 4.38. The number of aryl methyl sites for hydroxylation is 1. The molecule has 7 nitrogen and oxygen atoms in total. The number of halogens is 1. The van der Waals surface area contributed by atoms with Gasteiger partial charge in [-0.3, -0.25) is 19.3 Å². The third-order valence-corrected chi connectivity index (χ3v) is 6.99. The minimum absolute atomic E-state index is 0.258. The van der Waals surface area contributed by atoms with Crippen molar-refractivity contribution in [2.75, 3.05) is 11.9 Å². The summed E-state index contributed by atoms with van der Waals surface area (Å²) >= 11 is 3.36. The van der Waals surface area contributed by atoms with Crippen LogP contribution in [0.5, 0.6) is 0 Å². The van der Waals surface area contributed by atoms with Crippen molar-refractivity contribution in [1.82, 2.24) is 4.90 Å². The van der Waals surface area contributed by atoms with E-state index >= 15 is 0 Å². The Morgan fingerprint density at radius 2 is 1.83 bits per heavy atom. The number of imide groups is 1. The van der Waals surface area contributed by atoms with E-state index in [0.717, 1.165) is 34.2 Å². The Bertz CT molecular complexity index is 873. The first-order chi connectivity index (χ1) is 13.8. The summed E-state index contributed by atoms with van der Waals surface area (Å²) in [6.45, 7) is 2.86. The molecule has 5 atom stereocenters. The van der Waals surface area contributed by atoms with Gasteiger partial charge in [0.1, 0.15) is 6.04 Å². The van der Waals surface area contributed by atoms with Gasteiger partial charge in [-0.2, -0.15) is 0 Å². The zero-order chi connectivity index (χ0) is 20.9. The van der Waals surface area contributed by atoms with Crippen molar-refractivity contribution < 1.29 is 23.9 Å². The number of benzene rings is 1. The normalized spacial score (nSPS) is 28.4. The van der Waals surface area contributed by atoms with Gasteiger partial charge in [0, 0.05) is 10.2 Å². The van der Waals surface area contributed by atoms with Crippen LogP contribution in [0.3, 0.4) is 0 Å². The number of fused-ring (bicyclic) bond motifs is 5. The van der Waals surface area contributed by atoms with E-state index in [1.54, 1.807) is 12.1 Å². The molecule has 3 aliphatic rings. The Balaban J connectivity index is 1.34. The van der Waals surface area contributed by atoms with Crippen molar-refractivity contribution in [2.45, 2.75) is 39.2 Å². The fraction of sp³-hybridized carbons (Fsp3) is 0.524. The Morgan fingerprint density at radius 1 is 1.21 bits per heavy atom. The van der Waals surface area contributed by atoms with E-state index in [1.807, 2.05) is 13.0 Å². The Kier molecular flexibility index (Phi) is 5.23. The number of likely N-dealkylation sites (tertiary alicyclic amines) is 1. The van der Waals surface area contributed by atoms with Crippen LogP contribution in [0.2, 0.25) is 0 Å². The molecule has 1 saturated heterocycles. The van der Waals surface area contributed by atoms with Crippen LogP contribution in [0.1, 0.15) is 31.7 Å². The second-order valence-corrected chi connectivity index (χ2v) is 9.14. The minimum Gasteiger partial charge on any atom is -0.454 e. The lowest BCUT2D eigenvalue weighted by atomic mass is 9.81. The summed E-state index contributed by atoms with van der Waals surface area (Å²) in [5, 5.41) is 2.69. The number of nitrogens with zero attached hydrogens (tertiary/aromatic N) is 1. The highest BCUT2D eigenvalue weighted by atomic mass is 79.9. The number of hydrogen-bond donors (Lipinski definition) is 1. The molecule has 2 aliphatic carbocycles. The maximum atomic E-state index is 12.8. The van der Waals surface area contributed by atoms with Crippen LogP contribution in [-0.4, -0.2) is 41.2 Å². The second-order valence-electron chi connectivity index (χ2n) is 8.22. The van der Waals surface area contributed by atoms with Crippen molar-refractivity contribution in [3.63, 3.8) is 0 Å². The molecule has 1 aliphatic heterocycles. The predicted octanol–water partition coefficient (Wildman–Crippen LogP) is 2.66. The quantitative estimate of drug-likeness (QED) is 0.536. The first-order valence-electron chi connectivity index (χ1n) is 9.87. The molecule has 0 aromatic heterocycles. The molecule has 1 heterocycles. The zero-order valence-corrected chi connectivity index (χ0v) is 17.9. The maximum Gasteiger partial charge on any atom is 0.329 e. The van der Waals surface area contributed by atoms with E-state index in [4.69, 9.17) is 4.74 Å². The summed E-state index contributed by atoms with van der Waals surface area (Å²) in [6.07, 6.45) is 2.90. The minimum atomic E-state index is -1.03. The molecule has 2 saturated carbocycles. The van der Waals surface area contributed by atoms with E-state index in [2.05, 4.69) is 21.2 Å². The van der Waals surface area contributed by atoms with Crippen LogP contribution in [0.4, 0.5) is 5.69 Å². The first kappa shape index (κ1) is 20.1. The Morgan fingerprint density at radius 3 is 2.41 bits per heavy atom. The van der Waals surface area contributed by atoms with Crippen molar-refractivity contribution in [3.05, 3.63) is 28.2 Å². The largest absolute Gasteiger partial charge is 0.454 e. The van der Waals surface area contributed by atoms with E-state index < -0.39 is 24.5 Å². The highest BCUT2D eigenvalue weighted by Crippen LogP contribution is 2.56. The summed E-state index contributed by atoms with van der Waals surface area (Å²) < 4.78 is 5.99. The number of carbonyl (C=O) groups is 4. The van der Waals surface area contributed by atoms with Gasteiger partial charge < -0.3 is 10.1 Å². The average molecular weight is 463 g/mol. The van der Waals surface area contributed by atoms with Crippen molar-refractivity contribution in [2.24, 2.45) is 23.7 Å². The van der Waals surface area contributed by atoms with Gasteiger partial charge in [-0.25, -0.2) is 4.79 Å². The average Bonchev–Trinajstić information content (AvgIpc) is 3.35. The Hall–Kier alpha value is -2.22. The standard InChI is InChI=1S/C21H23BrN2O5/c1-10-7-14(22)5-6-15(10)23-16(25)9-29-21(28)11(2)24-19(26)17-12-3-4-13(8-12)18(17)20(24)27/h5-7,11-13,17-18H,3-4,8-9H2,1-2H3,(H,23,25)/t11-,12-,13-,17-,18+/m0/s1. The molecule has 0 spiro atoms. The molecule has 1 aromatic carbocycles. The number of ether oxygens (including phenoxy) is 1. The number of anilines is 1. The SMILES string of the molecule is Cc1cc(Br)ccc1NC(=O)COC(=O)[C@H](C)N1C(=O)[C@@H]2[C@H]3CC[C@@H](C3)[C@@H]2C1=O. The Labute approximate surface area is 177 Å². The lowest BCUT2D eigenvalue weighted by Crippen LogP contribution is -2.45. The van der Waals surface area contributed by atoms with Crippen LogP contribution in [0.15, 0.2) is 22.7 Å². The van der Waals surface area contributed by atoms with E-state index in [-0.39, 0.29) is 35.5 Å². The number of carbonyl (C=O) groups excluding carboxylic acids is 4. The predicted molar refractivity (Wildman–Crippen MR) is 108 cm³/mol. The van der Waals surface area contributed by atoms with Gasteiger partial charge in [0.05, 0.1) is 11.8 Å². The first-order valence-corrected chi connectivity index (χ1v) is 10.7. The molecule has 0 unspecified atom stereocenters. The van der Waals surface area contributed by atoms with Gasteiger partial charge in [-0.1, -0.05) is 15.9 Å². The van der Waals surface area contributed by atoms with Gasteiger partial charge in [-0.05, 0) is 68.7 Å². The summed E-state index contributed by atoms with van der Waals surface area (Å²) in [5.74, 6) is -1.78. The smallest absolute Gasteiger partial charge is 0.329 e. The van der Waals surface area contributed by atoms with Crippen LogP contribution >= 0.6 is 15.9 Å². The molecule has 3 fully saturated rings. The van der Waals surface area contributed by atoms with Gasteiger partial charge >= 0.3 is 5.97 Å². The number of nitrogens with one attached hydrogen (secondary N) is 1. The zero-order valence-electron chi connectivity index (χ0n) is 16.3. The third kappa shape index (κ3) is 3.47. The van der Waals surface area contributed by atoms with Gasteiger partial charge in [0.2, 0.25) is 11.8 Å². The van der Waals surface area contributed by atoms with Crippen LogP contribution < -0.4 is 5.32 Å². The fourth-order valence-corrected chi connectivity index (χ4v) is 5.61. The molecule has 1 aromatic rings. The maximum absolute atomic E-state index is 12.8. The summed E-state index contributed by atoms with van der Waals surface area (Å²) in [7, 11) is 0. The number of hydrogen-bond acceptors (Lipinski definition) is 5. The summed E-state index contributed by atoms with van der Waals surface area (Å²) in [5.41, 5.74) is 1.48. The number of esters is 1. The van der Waals surface area contributed by atoms with Crippen molar-refractivity contribution >= 4 is 45.3 Å². The molecule has 8 heteroatoms. The fourth-order valence-electron chi connectivity index (χ4n) is 5.13. The molecule has 154 valence electrons. The second kappa shape index (κ2) is 7.55. The molecule has 1 N–H and O–H groups in total. The summed E-state index contributed by atoms with van der Waals surface area (Å²) in [4.78, 5) is 51.2. The molecule has 29 heavy (non-hydrogen) atoms.